The lowest BCUT2D eigenvalue weighted by molar-refractivity contribution is -0.145. The molecule has 0 bridgehead atoms. The van der Waals surface area contributed by atoms with Crippen molar-refractivity contribution >= 4 is 33.8 Å². The minimum atomic E-state index is -0.455. The van der Waals surface area contributed by atoms with Gasteiger partial charge >= 0.3 is 5.97 Å². The maximum atomic E-state index is 11.7. The molecule has 6 nitrogen and oxygen atoms in total. The van der Waals surface area contributed by atoms with Crippen LogP contribution in [-0.2, 0) is 9.53 Å². The molecular weight excluding hydrogens is 438 g/mol. The van der Waals surface area contributed by atoms with Crippen LogP contribution in [-0.4, -0.2) is 37.1 Å². The lowest BCUT2D eigenvalue weighted by Gasteiger charge is -2.15. The van der Waals surface area contributed by atoms with E-state index in [1.807, 2.05) is 26.8 Å². The van der Waals surface area contributed by atoms with Crippen molar-refractivity contribution in [2.45, 2.75) is 34.1 Å². The average molecular weight is 466 g/mol. The van der Waals surface area contributed by atoms with Crippen molar-refractivity contribution in [3.05, 3.63) is 46.4 Å². The lowest BCUT2D eigenvalue weighted by atomic mass is 10.2. The van der Waals surface area contributed by atoms with Crippen LogP contribution in [0.15, 0.2) is 45.9 Å². The molecule has 0 atom stereocenters. The number of aliphatic imine (C=N–C) groups is 1. The maximum absolute atomic E-state index is 11.7. The minimum Gasteiger partial charge on any atom is -0.508 e. The summed E-state index contributed by atoms with van der Waals surface area (Å²) in [5.74, 6) is 0.651. The number of ether oxygens (including phenoxy) is 3. The molecule has 2 aromatic rings. The summed E-state index contributed by atoms with van der Waals surface area (Å²) in [5, 5.41) is 9.37. The molecule has 0 radical (unpaired) electrons. The number of nitrogens with zero attached hydrogens (tertiary/aromatic N) is 1. The van der Waals surface area contributed by atoms with E-state index in [1.54, 1.807) is 43.5 Å². The van der Waals surface area contributed by atoms with Crippen molar-refractivity contribution < 1.29 is 24.1 Å². The Morgan fingerprint density at radius 1 is 1.14 bits per heavy atom. The Labute approximate surface area is 180 Å². The monoisotopic (exact) mass is 465 g/mol. The van der Waals surface area contributed by atoms with Gasteiger partial charge in [-0.15, -0.1) is 0 Å². The second kappa shape index (κ2) is 13.6. The Morgan fingerprint density at radius 2 is 1.83 bits per heavy atom. The highest BCUT2D eigenvalue weighted by atomic mass is 79.9. The zero-order valence-electron chi connectivity index (χ0n) is 17.3. The van der Waals surface area contributed by atoms with E-state index in [9.17, 15) is 9.90 Å². The van der Waals surface area contributed by atoms with Gasteiger partial charge in [0, 0.05) is 16.3 Å². The van der Waals surface area contributed by atoms with Gasteiger partial charge in [0.15, 0.2) is 18.1 Å². The SMILES string of the molecule is CC.CCCOc1cc(Br)cc(C=Nc2ccc(O)cc2)c1OCC(=O)OCC. The third-order valence-corrected chi connectivity index (χ3v) is 3.81. The molecule has 0 aliphatic carbocycles. The van der Waals surface area contributed by atoms with Crippen molar-refractivity contribution in [1.82, 2.24) is 0 Å². The molecule has 0 aromatic heterocycles. The standard InChI is InChI=1S/C20H22BrNO5.C2H6/c1-3-9-26-18-11-15(21)10-14(20(18)27-13-19(24)25-4-2)12-22-16-5-7-17(23)8-6-16;1-2/h5-8,10-12,23H,3-4,9,13H2,1-2H3;1-2H3. The number of esters is 1. The maximum Gasteiger partial charge on any atom is 0.344 e. The summed E-state index contributed by atoms with van der Waals surface area (Å²) in [6.45, 7) is 8.32. The summed E-state index contributed by atoms with van der Waals surface area (Å²) in [4.78, 5) is 16.1. The molecule has 0 saturated heterocycles. The second-order valence-electron chi connectivity index (χ2n) is 5.54. The Hall–Kier alpha value is -2.54. The van der Waals surface area contributed by atoms with Gasteiger partial charge in [0.25, 0.3) is 0 Å². The van der Waals surface area contributed by atoms with Crippen molar-refractivity contribution in [3.8, 4) is 17.2 Å². The molecule has 2 aromatic carbocycles. The van der Waals surface area contributed by atoms with Crippen molar-refractivity contribution in [1.29, 1.82) is 0 Å². The number of phenols is 1. The summed E-state index contributed by atoms with van der Waals surface area (Å²) in [6.07, 6.45) is 2.46. The smallest absolute Gasteiger partial charge is 0.344 e. The van der Waals surface area contributed by atoms with Gasteiger partial charge in [-0.2, -0.15) is 0 Å². The molecule has 0 amide bonds. The number of rotatable bonds is 9. The van der Waals surface area contributed by atoms with E-state index >= 15 is 0 Å². The fourth-order valence-corrected chi connectivity index (χ4v) is 2.63. The van der Waals surface area contributed by atoms with Crippen LogP contribution in [0.3, 0.4) is 0 Å². The topological polar surface area (TPSA) is 77.4 Å². The summed E-state index contributed by atoms with van der Waals surface area (Å²) in [6, 6.07) is 10.1. The summed E-state index contributed by atoms with van der Waals surface area (Å²) < 4.78 is 17.2. The van der Waals surface area contributed by atoms with Crippen molar-refractivity contribution in [2.75, 3.05) is 19.8 Å². The highest BCUT2D eigenvalue weighted by Crippen LogP contribution is 2.35. The summed E-state index contributed by atoms with van der Waals surface area (Å²) in [5.41, 5.74) is 1.31. The van der Waals surface area contributed by atoms with E-state index in [1.165, 1.54) is 0 Å². The number of carbonyl (C=O) groups excluding carboxylic acids is 1. The molecule has 0 heterocycles. The van der Waals surface area contributed by atoms with Gasteiger partial charge in [-0.3, -0.25) is 4.99 Å². The van der Waals surface area contributed by atoms with Crippen LogP contribution < -0.4 is 9.47 Å². The Balaban J connectivity index is 0.00000204. The zero-order chi connectivity index (χ0) is 21.6. The number of aromatic hydroxyl groups is 1. The van der Waals surface area contributed by atoms with Gasteiger partial charge in [0.1, 0.15) is 5.75 Å². The Bertz CT molecular complexity index is 791. The molecule has 7 heteroatoms. The van der Waals surface area contributed by atoms with Crippen LogP contribution >= 0.6 is 15.9 Å². The van der Waals surface area contributed by atoms with Crippen LogP contribution in [0, 0.1) is 0 Å². The second-order valence-corrected chi connectivity index (χ2v) is 6.45. The largest absolute Gasteiger partial charge is 0.508 e. The first-order chi connectivity index (χ1) is 14.0. The van der Waals surface area contributed by atoms with E-state index in [0.29, 0.717) is 29.4 Å². The number of benzene rings is 2. The first-order valence-corrected chi connectivity index (χ1v) is 10.4. The van der Waals surface area contributed by atoms with Crippen LogP contribution in [0.25, 0.3) is 0 Å². The predicted molar refractivity (Wildman–Crippen MR) is 119 cm³/mol. The minimum absolute atomic E-state index is 0.171. The van der Waals surface area contributed by atoms with Gasteiger partial charge in [-0.1, -0.05) is 36.7 Å². The molecule has 2 rings (SSSR count). The molecule has 0 fully saturated rings. The van der Waals surface area contributed by atoms with Gasteiger partial charge < -0.3 is 19.3 Å². The normalized spacial score (nSPS) is 10.2. The lowest BCUT2D eigenvalue weighted by Crippen LogP contribution is -2.16. The van der Waals surface area contributed by atoms with Crippen molar-refractivity contribution in [3.63, 3.8) is 0 Å². The number of carbonyl (C=O) groups is 1. The fraction of sp³-hybridized carbons (Fsp3) is 0.364. The molecule has 0 saturated carbocycles. The molecule has 0 spiro atoms. The number of phenolic OH excluding ortho intramolecular Hbond substituents is 1. The van der Waals surface area contributed by atoms with Crippen LogP contribution in [0.1, 0.15) is 39.7 Å². The molecule has 29 heavy (non-hydrogen) atoms. The number of hydrogen-bond donors (Lipinski definition) is 1. The van der Waals surface area contributed by atoms with Crippen molar-refractivity contribution in [2.24, 2.45) is 4.99 Å². The van der Waals surface area contributed by atoms with E-state index in [-0.39, 0.29) is 19.0 Å². The van der Waals surface area contributed by atoms with Crippen LogP contribution in [0.2, 0.25) is 0 Å². The van der Waals surface area contributed by atoms with E-state index in [0.717, 1.165) is 10.9 Å². The van der Waals surface area contributed by atoms with Gasteiger partial charge in [-0.25, -0.2) is 4.79 Å². The highest BCUT2D eigenvalue weighted by Gasteiger charge is 2.14. The molecule has 158 valence electrons. The third kappa shape index (κ3) is 8.56. The first-order valence-electron chi connectivity index (χ1n) is 9.61. The average Bonchev–Trinajstić information content (AvgIpc) is 2.72. The molecular formula is C22H28BrNO5. The zero-order valence-corrected chi connectivity index (χ0v) is 18.9. The van der Waals surface area contributed by atoms with Gasteiger partial charge in [-0.05, 0) is 49.7 Å². The molecule has 0 aliphatic heterocycles. The van der Waals surface area contributed by atoms with Gasteiger partial charge in [0.2, 0.25) is 0 Å². The van der Waals surface area contributed by atoms with E-state index in [4.69, 9.17) is 14.2 Å². The third-order valence-electron chi connectivity index (χ3n) is 3.35. The summed E-state index contributed by atoms with van der Waals surface area (Å²) in [7, 11) is 0. The fourth-order valence-electron chi connectivity index (χ4n) is 2.17. The Morgan fingerprint density at radius 3 is 2.45 bits per heavy atom. The van der Waals surface area contributed by atoms with E-state index in [2.05, 4.69) is 20.9 Å². The quantitative estimate of drug-likeness (QED) is 0.381. The predicted octanol–water partition coefficient (Wildman–Crippen LogP) is 5.66. The number of hydrogen-bond acceptors (Lipinski definition) is 6. The molecule has 1 N–H and O–H groups in total. The Kier molecular flexibility index (Phi) is 11.5. The summed E-state index contributed by atoms with van der Waals surface area (Å²) >= 11 is 3.46. The first kappa shape index (κ1) is 24.5. The number of halogens is 1. The van der Waals surface area contributed by atoms with E-state index < -0.39 is 5.97 Å². The highest BCUT2D eigenvalue weighted by molar-refractivity contribution is 9.10. The van der Waals surface area contributed by atoms with Crippen LogP contribution in [0.4, 0.5) is 5.69 Å². The van der Waals surface area contributed by atoms with Crippen LogP contribution in [0.5, 0.6) is 17.2 Å². The van der Waals surface area contributed by atoms with Gasteiger partial charge in [0.05, 0.1) is 18.9 Å². The molecule has 0 aliphatic rings. The molecule has 0 unspecified atom stereocenters.